The van der Waals surface area contributed by atoms with Crippen LogP contribution in [0.25, 0.3) is 0 Å². The van der Waals surface area contributed by atoms with Crippen molar-refractivity contribution in [1.29, 1.82) is 0 Å². The van der Waals surface area contributed by atoms with Crippen molar-refractivity contribution in [3.05, 3.63) is 0 Å². The van der Waals surface area contributed by atoms with Gasteiger partial charge in [-0.15, -0.1) is 0 Å². The number of hydrogen-bond donors (Lipinski definition) is 2. The highest BCUT2D eigenvalue weighted by Crippen LogP contribution is 2.22. The molecule has 1 heterocycles. The van der Waals surface area contributed by atoms with Crippen LogP contribution in [-0.4, -0.2) is 38.8 Å². The maximum Gasteiger partial charge on any atom is 0.220 e. The van der Waals surface area contributed by atoms with Crippen LogP contribution in [0.5, 0.6) is 0 Å². The normalized spacial score (nSPS) is 23.1. The minimum atomic E-state index is 0.120. The highest BCUT2D eigenvalue weighted by atomic mass is 16.5. The summed E-state index contributed by atoms with van der Waals surface area (Å²) in [5.41, 5.74) is 0. The molecule has 0 radical (unpaired) electrons. The standard InChI is InChI=1S/C15H30N2O2/c1-11(2)14(10-19-4)17-15(18)8-12(3)13-6-5-7-16-9-13/h11-14,16H,5-10H2,1-4H3,(H,17,18). The molecule has 0 spiro atoms. The summed E-state index contributed by atoms with van der Waals surface area (Å²) in [7, 11) is 1.68. The van der Waals surface area contributed by atoms with E-state index in [0.717, 1.165) is 13.1 Å². The van der Waals surface area contributed by atoms with Crippen LogP contribution < -0.4 is 10.6 Å². The Morgan fingerprint density at radius 3 is 2.68 bits per heavy atom. The molecule has 0 aromatic rings. The fraction of sp³-hybridized carbons (Fsp3) is 0.933. The summed E-state index contributed by atoms with van der Waals surface area (Å²) < 4.78 is 5.16. The highest BCUT2D eigenvalue weighted by molar-refractivity contribution is 5.76. The van der Waals surface area contributed by atoms with Gasteiger partial charge in [0.1, 0.15) is 0 Å². The van der Waals surface area contributed by atoms with E-state index in [1.165, 1.54) is 12.8 Å². The van der Waals surface area contributed by atoms with Gasteiger partial charge in [-0.25, -0.2) is 0 Å². The van der Waals surface area contributed by atoms with Crippen LogP contribution >= 0.6 is 0 Å². The Kier molecular flexibility index (Phi) is 7.39. The van der Waals surface area contributed by atoms with Gasteiger partial charge in [-0.05, 0) is 43.7 Å². The first kappa shape index (κ1) is 16.4. The number of hydrogen-bond acceptors (Lipinski definition) is 3. The van der Waals surface area contributed by atoms with Crippen molar-refractivity contribution in [2.75, 3.05) is 26.8 Å². The number of carbonyl (C=O) groups is 1. The molecule has 4 heteroatoms. The lowest BCUT2D eigenvalue weighted by atomic mass is 9.85. The summed E-state index contributed by atoms with van der Waals surface area (Å²) in [4.78, 5) is 12.1. The Bertz CT molecular complexity index is 263. The summed E-state index contributed by atoms with van der Waals surface area (Å²) >= 11 is 0. The average molecular weight is 270 g/mol. The van der Waals surface area contributed by atoms with Gasteiger partial charge in [0.25, 0.3) is 0 Å². The van der Waals surface area contributed by atoms with Crippen molar-refractivity contribution >= 4 is 5.91 Å². The molecule has 1 aliphatic heterocycles. The van der Waals surface area contributed by atoms with E-state index in [9.17, 15) is 4.79 Å². The fourth-order valence-corrected chi connectivity index (χ4v) is 2.67. The van der Waals surface area contributed by atoms with E-state index in [4.69, 9.17) is 4.74 Å². The third-order valence-corrected chi connectivity index (χ3v) is 4.14. The second kappa shape index (κ2) is 8.54. The molecule has 1 saturated heterocycles. The molecule has 1 aliphatic rings. The van der Waals surface area contributed by atoms with Crippen molar-refractivity contribution in [2.45, 2.75) is 46.1 Å². The summed E-state index contributed by atoms with van der Waals surface area (Å²) in [6.45, 7) is 9.18. The molecule has 0 aliphatic carbocycles. The minimum absolute atomic E-state index is 0.120. The average Bonchev–Trinajstić information content (AvgIpc) is 2.39. The van der Waals surface area contributed by atoms with Crippen LogP contribution in [0.1, 0.15) is 40.0 Å². The SMILES string of the molecule is COCC(NC(=O)CC(C)C1CCCNC1)C(C)C. The first-order valence-corrected chi connectivity index (χ1v) is 7.53. The van der Waals surface area contributed by atoms with Gasteiger partial charge in [-0.1, -0.05) is 20.8 Å². The summed E-state index contributed by atoms with van der Waals surface area (Å²) in [6, 6.07) is 0.120. The van der Waals surface area contributed by atoms with Gasteiger partial charge in [-0.2, -0.15) is 0 Å². The third-order valence-electron chi connectivity index (χ3n) is 4.14. The van der Waals surface area contributed by atoms with Gasteiger partial charge in [0.05, 0.1) is 12.6 Å². The van der Waals surface area contributed by atoms with Gasteiger partial charge in [0.2, 0.25) is 5.91 Å². The molecule has 0 aromatic heterocycles. The molecule has 1 amide bonds. The molecule has 3 atom stereocenters. The molecule has 1 rings (SSSR count). The van der Waals surface area contributed by atoms with Crippen LogP contribution in [-0.2, 0) is 9.53 Å². The molecule has 19 heavy (non-hydrogen) atoms. The molecule has 2 N–H and O–H groups in total. The Labute approximate surface area is 117 Å². The van der Waals surface area contributed by atoms with Crippen molar-refractivity contribution < 1.29 is 9.53 Å². The monoisotopic (exact) mass is 270 g/mol. The Morgan fingerprint density at radius 2 is 2.16 bits per heavy atom. The van der Waals surface area contributed by atoms with E-state index in [1.807, 2.05) is 0 Å². The molecule has 4 nitrogen and oxygen atoms in total. The van der Waals surface area contributed by atoms with E-state index in [1.54, 1.807) is 7.11 Å². The van der Waals surface area contributed by atoms with Crippen molar-refractivity contribution in [1.82, 2.24) is 10.6 Å². The van der Waals surface area contributed by atoms with Crippen LogP contribution in [0.2, 0.25) is 0 Å². The van der Waals surface area contributed by atoms with E-state index in [0.29, 0.717) is 30.8 Å². The fourth-order valence-electron chi connectivity index (χ4n) is 2.67. The van der Waals surface area contributed by atoms with Crippen molar-refractivity contribution in [3.63, 3.8) is 0 Å². The lowest BCUT2D eigenvalue weighted by molar-refractivity contribution is -0.123. The number of piperidine rings is 1. The predicted molar refractivity (Wildman–Crippen MR) is 78.0 cm³/mol. The van der Waals surface area contributed by atoms with Gasteiger partial charge in [0, 0.05) is 13.5 Å². The molecular formula is C15H30N2O2. The van der Waals surface area contributed by atoms with Crippen molar-refractivity contribution in [3.8, 4) is 0 Å². The van der Waals surface area contributed by atoms with E-state index >= 15 is 0 Å². The number of carbonyl (C=O) groups excluding carboxylic acids is 1. The van der Waals surface area contributed by atoms with Crippen LogP contribution in [0.15, 0.2) is 0 Å². The van der Waals surface area contributed by atoms with Gasteiger partial charge in [0.15, 0.2) is 0 Å². The molecule has 0 aromatic carbocycles. The Morgan fingerprint density at radius 1 is 1.42 bits per heavy atom. The summed E-state index contributed by atoms with van der Waals surface area (Å²) in [6.07, 6.45) is 3.10. The molecule has 0 saturated carbocycles. The first-order valence-electron chi connectivity index (χ1n) is 7.53. The zero-order chi connectivity index (χ0) is 14.3. The summed E-state index contributed by atoms with van der Waals surface area (Å²) in [5.74, 6) is 1.65. The Hall–Kier alpha value is -0.610. The molecule has 1 fully saturated rings. The third kappa shape index (κ3) is 5.91. The van der Waals surface area contributed by atoms with E-state index < -0.39 is 0 Å². The second-order valence-electron chi connectivity index (χ2n) is 6.16. The van der Waals surface area contributed by atoms with Crippen LogP contribution in [0.4, 0.5) is 0 Å². The lowest BCUT2D eigenvalue weighted by Gasteiger charge is -2.29. The Balaban J connectivity index is 2.35. The van der Waals surface area contributed by atoms with Crippen LogP contribution in [0, 0.1) is 17.8 Å². The quantitative estimate of drug-likeness (QED) is 0.741. The predicted octanol–water partition coefficient (Wildman–Crippen LogP) is 1.80. The molecular weight excluding hydrogens is 240 g/mol. The number of methoxy groups -OCH3 is 1. The topological polar surface area (TPSA) is 50.4 Å². The molecule has 112 valence electrons. The van der Waals surface area contributed by atoms with Gasteiger partial charge in [-0.3, -0.25) is 4.79 Å². The maximum atomic E-state index is 12.1. The van der Waals surface area contributed by atoms with E-state index in [-0.39, 0.29) is 11.9 Å². The maximum absolute atomic E-state index is 12.1. The smallest absolute Gasteiger partial charge is 0.220 e. The van der Waals surface area contributed by atoms with Gasteiger partial charge >= 0.3 is 0 Å². The second-order valence-corrected chi connectivity index (χ2v) is 6.16. The van der Waals surface area contributed by atoms with Crippen molar-refractivity contribution in [2.24, 2.45) is 17.8 Å². The first-order chi connectivity index (χ1) is 9.04. The number of amides is 1. The van der Waals surface area contributed by atoms with Gasteiger partial charge < -0.3 is 15.4 Å². The van der Waals surface area contributed by atoms with Crippen LogP contribution in [0.3, 0.4) is 0 Å². The number of ether oxygens (including phenoxy) is 1. The van der Waals surface area contributed by atoms with E-state index in [2.05, 4.69) is 31.4 Å². The number of nitrogens with one attached hydrogen (secondary N) is 2. The lowest BCUT2D eigenvalue weighted by Crippen LogP contribution is -2.43. The highest BCUT2D eigenvalue weighted by Gasteiger charge is 2.23. The molecule has 3 unspecified atom stereocenters. The zero-order valence-corrected chi connectivity index (χ0v) is 12.9. The minimum Gasteiger partial charge on any atom is -0.383 e. The largest absolute Gasteiger partial charge is 0.383 e. The molecule has 0 bridgehead atoms. The number of rotatable bonds is 7. The zero-order valence-electron chi connectivity index (χ0n) is 12.9. The summed E-state index contributed by atoms with van der Waals surface area (Å²) in [5, 5.41) is 6.52.